The molecule has 2 rings (SSSR count). The molecule has 1 amide bonds. The monoisotopic (exact) mass is 288 g/mol. The van der Waals surface area contributed by atoms with Crippen molar-refractivity contribution in [1.29, 1.82) is 0 Å². The molecular formula is C15H16N2O2S. The standard InChI is InChI=1S/C15H16N2O2S/c1-11-4-2-6-13(8-11)20(19)14-7-3-5-12(9-14)17-15(18)10-16/h2-9H,10,16H2,1H3,(H,17,18). The van der Waals surface area contributed by atoms with Crippen LogP contribution in [0.3, 0.4) is 0 Å². The van der Waals surface area contributed by atoms with Crippen LogP contribution in [0.25, 0.3) is 0 Å². The normalized spacial score (nSPS) is 11.9. The fourth-order valence-corrected chi connectivity index (χ4v) is 2.97. The van der Waals surface area contributed by atoms with Crippen LogP contribution in [-0.4, -0.2) is 17.0 Å². The van der Waals surface area contributed by atoms with Gasteiger partial charge in [0.15, 0.2) is 9.79 Å². The number of rotatable bonds is 4. The minimum Gasteiger partial charge on any atom is -0.606 e. The number of carbonyl (C=O) groups is 1. The third kappa shape index (κ3) is 3.60. The van der Waals surface area contributed by atoms with Crippen molar-refractivity contribution in [2.75, 3.05) is 11.9 Å². The number of carbonyl (C=O) groups excluding carboxylic acids is 1. The summed E-state index contributed by atoms with van der Waals surface area (Å²) in [6, 6.07) is 14.5. The van der Waals surface area contributed by atoms with Gasteiger partial charge in [0.25, 0.3) is 0 Å². The topological polar surface area (TPSA) is 78.2 Å². The predicted molar refractivity (Wildman–Crippen MR) is 80.0 cm³/mol. The van der Waals surface area contributed by atoms with Gasteiger partial charge in [0, 0.05) is 22.9 Å². The van der Waals surface area contributed by atoms with Crippen molar-refractivity contribution >= 4 is 22.8 Å². The number of aryl methyl sites for hydroxylation is 1. The van der Waals surface area contributed by atoms with E-state index in [1.54, 1.807) is 24.3 Å². The maximum Gasteiger partial charge on any atom is 0.238 e. The van der Waals surface area contributed by atoms with Crippen molar-refractivity contribution in [1.82, 2.24) is 0 Å². The van der Waals surface area contributed by atoms with Crippen LogP contribution in [0.5, 0.6) is 0 Å². The Morgan fingerprint density at radius 1 is 1.20 bits per heavy atom. The Morgan fingerprint density at radius 2 is 1.85 bits per heavy atom. The molecule has 20 heavy (non-hydrogen) atoms. The molecule has 0 radical (unpaired) electrons. The van der Waals surface area contributed by atoms with E-state index in [0.717, 1.165) is 10.5 Å². The van der Waals surface area contributed by atoms with E-state index in [0.29, 0.717) is 10.6 Å². The van der Waals surface area contributed by atoms with Crippen LogP contribution >= 0.6 is 0 Å². The summed E-state index contributed by atoms with van der Waals surface area (Å²) >= 11 is -1.27. The van der Waals surface area contributed by atoms with Gasteiger partial charge in [-0.1, -0.05) is 18.2 Å². The van der Waals surface area contributed by atoms with Gasteiger partial charge >= 0.3 is 0 Å². The van der Waals surface area contributed by atoms with Crippen LogP contribution in [0.4, 0.5) is 5.69 Å². The van der Waals surface area contributed by atoms with Crippen LogP contribution in [0, 0.1) is 6.92 Å². The molecular weight excluding hydrogens is 272 g/mol. The average Bonchev–Trinajstić information content (AvgIpc) is 2.46. The highest BCUT2D eigenvalue weighted by molar-refractivity contribution is 7.91. The number of benzene rings is 2. The molecule has 1 unspecified atom stereocenters. The average molecular weight is 288 g/mol. The fraction of sp³-hybridized carbons (Fsp3) is 0.133. The lowest BCUT2D eigenvalue weighted by Gasteiger charge is -2.11. The van der Waals surface area contributed by atoms with Crippen molar-refractivity contribution in [2.45, 2.75) is 16.7 Å². The molecule has 1 atom stereocenters. The van der Waals surface area contributed by atoms with Crippen molar-refractivity contribution in [3.8, 4) is 0 Å². The summed E-state index contributed by atoms with van der Waals surface area (Å²) < 4.78 is 12.5. The number of hydrogen-bond donors (Lipinski definition) is 2. The molecule has 104 valence electrons. The zero-order chi connectivity index (χ0) is 14.5. The third-order valence-corrected chi connectivity index (χ3v) is 4.09. The van der Waals surface area contributed by atoms with E-state index in [9.17, 15) is 9.35 Å². The molecule has 0 spiro atoms. The van der Waals surface area contributed by atoms with Crippen LogP contribution in [0.1, 0.15) is 5.56 Å². The number of nitrogens with one attached hydrogen (secondary N) is 1. The van der Waals surface area contributed by atoms with Crippen LogP contribution in [-0.2, 0) is 16.0 Å². The Hall–Kier alpha value is -1.82. The first kappa shape index (κ1) is 14.6. The summed E-state index contributed by atoms with van der Waals surface area (Å²) in [5.74, 6) is -0.275. The summed E-state index contributed by atoms with van der Waals surface area (Å²) in [6.07, 6.45) is 0. The maximum absolute atomic E-state index is 12.5. The van der Waals surface area contributed by atoms with Crippen LogP contribution < -0.4 is 11.1 Å². The molecule has 0 bridgehead atoms. The van der Waals surface area contributed by atoms with E-state index < -0.39 is 11.2 Å². The van der Waals surface area contributed by atoms with E-state index in [1.165, 1.54) is 0 Å². The van der Waals surface area contributed by atoms with E-state index in [1.807, 2.05) is 31.2 Å². The zero-order valence-electron chi connectivity index (χ0n) is 11.1. The molecule has 2 aromatic rings. The Kier molecular flexibility index (Phi) is 4.79. The van der Waals surface area contributed by atoms with E-state index in [4.69, 9.17) is 5.73 Å². The van der Waals surface area contributed by atoms with Crippen molar-refractivity contribution in [3.63, 3.8) is 0 Å². The predicted octanol–water partition coefficient (Wildman–Crippen LogP) is 2.06. The second-order valence-corrected chi connectivity index (χ2v) is 5.85. The molecule has 0 heterocycles. The van der Waals surface area contributed by atoms with Gasteiger partial charge in [-0.2, -0.15) is 0 Å². The Bertz CT molecular complexity index is 616. The van der Waals surface area contributed by atoms with Crippen LogP contribution in [0.2, 0.25) is 0 Å². The first-order valence-electron chi connectivity index (χ1n) is 6.18. The van der Waals surface area contributed by atoms with Crippen molar-refractivity contribution in [2.24, 2.45) is 5.73 Å². The number of nitrogens with two attached hydrogens (primary N) is 1. The second kappa shape index (κ2) is 6.56. The number of hydrogen-bond acceptors (Lipinski definition) is 3. The Labute approximate surface area is 121 Å². The van der Waals surface area contributed by atoms with Gasteiger partial charge in [-0.3, -0.25) is 4.79 Å². The van der Waals surface area contributed by atoms with Gasteiger partial charge in [-0.05, 0) is 36.8 Å². The minimum absolute atomic E-state index is 0.0782. The molecule has 0 fully saturated rings. The van der Waals surface area contributed by atoms with Crippen molar-refractivity contribution in [3.05, 3.63) is 54.1 Å². The molecule has 5 heteroatoms. The summed E-state index contributed by atoms with van der Waals surface area (Å²) in [5.41, 5.74) is 6.91. The van der Waals surface area contributed by atoms with Gasteiger partial charge in [-0.25, -0.2) is 0 Å². The smallest absolute Gasteiger partial charge is 0.238 e. The largest absolute Gasteiger partial charge is 0.606 e. The number of amides is 1. The summed E-state index contributed by atoms with van der Waals surface area (Å²) in [6.45, 7) is 1.88. The van der Waals surface area contributed by atoms with Crippen molar-refractivity contribution < 1.29 is 9.35 Å². The van der Waals surface area contributed by atoms with E-state index in [2.05, 4.69) is 5.32 Å². The fourth-order valence-electron chi connectivity index (χ4n) is 1.77. The number of anilines is 1. The Morgan fingerprint density at radius 3 is 2.50 bits per heavy atom. The highest BCUT2D eigenvalue weighted by atomic mass is 32.2. The highest BCUT2D eigenvalue weighted by Crippen LogP contribution is 2.23. The lowest BCUT2D eigenvalue weighted by molar-refractivity contribution is -0.114. The molecule has 0 aromatic heterocycles. The quantitative estimate of drug-likeness (QED) is 0.845. The summed E-state index contributed by atoms with van der Waals surface area (Å²) in [4.78, 5) is 12.7. The molecule has 2 aromatic carbocycles. The first-order valence-corrected chi connectivity index (χ1v) is 7.33. The molecule has 0 aliphatic heterocycles. The van der Waals surface area contributed by atoms with E-state index in [-0.39, 0.29) is 12.5 Å². The lowest BCUT2D eigenvalue weighted by atomic mass is 10.2. The van der Waals surface area contributed by atoms with E-state index >= 15 is 0 Å². The van der Waals surface area contributed by atoms with Crippen LogP contribution in [0.15, 0.2) is 58.3 Å². The molecule has 0 saturated carbocycles. The highest BCUT2D eigenvalue weighted by Gasteiger charge is 2.15. The Balaban J connectivity index is 2.24. The van der Waals surface area contributed by atoms with Gasteiger partial charge in [0.1, 0.15) is 0 Å². The summed E-state index contributed by atoms with van der Waals surface area (Å²) in [5, 5.41) is 2.65. The molecule has 0 saturated heterocycles. The minimum atomic E-state index is -1.27. The SMILES string of the molecule is Cc1cccc([S+]([O-])c2cccc(NC(=O)CN)c2)c1. The molecule has 4 nitrogen and oxygen atoms in total. The van der Waals surface area contributed by atoms with Gasteiger partial charge in [0.2, 0.25) is 5.91 Å². The molecule has 0 aliphatic carbocycles. The molecule has 3 N–H and O–H groups in total. The first-order chi connectivity index (χ1) is 9.60. The molecule has 0 aliphatic rings. The van der Waals surface area contributed by atoms with Gasteiger partial charge in [0.05, 0.1) is 6.54 Å². The lowest BCUT2D eigenvalue weighted by Crippen LogP contribution is -2.21. The summed E-state index contributed by atoms with van der Waals surface area (Å²) in [7, 11) is 0. The van der Waals surface area contributed by atoms with Gasteiger partial charge in [-0.15, -0.1) is 0 Å². The van der Waals surface area contributed by atoms with Gasteiger partial charge < -0.3 is 15.6 Å². The zero-order valence-corrected chi connectivity index (χ0v) is 11.9. The second-order valence-electron chi connectivity index (χ2n) is 4.37. The maximum atomic E-state index is 12.5. The third-order valence-electron chi connectivity index (χ3n) is 2.72.